The van der Waals surface area contributed by atoms with Crippen LogP contribution in [0.15, 0.2) is 0 Å². The molecule has 0 unspecified atom stereocenters. The van der Waals surface area contributed by atoms with Gasteiger partial charge in [0.15, 0.2) is 24.7 Å². The number of hydrogen-bond acceptors (Lipinski definition) is 17. The molecular weight excluding hydrogens is 812 g/mol. The van der Waals surface area contributed by atoms with E-state index in [0.717, 1.165) is 58.0 Å². The van der Waals surface area contributed by atoms with Crippen molar-refractivity contribution in [2.24, 2.45) is 52.3 Å². The third-order valence-electron chi connectivity index (χ3n) is 18.2. The van der Waals surface area contributed by atoms with Gasteiger partial charge in [0.2, 0.25) is 0 Å². The molecule has 5 saturated heterocycles. The molecule has 0 aromatic heterocycles. The molecule has 9 fully saturated rings. The Morgan fingerprint density at radius 1 is 0.613 bits per heavy atom. The van der Waals surface area contributed by atoms with E-state index in [2.05, 4.69) is 27.7 Å². The van der Waals surface area contributed by atoms with Gasteiger partial charge in [0.1, 0.15) is 67.1 Å². The van der Waals surface area contributed by atoms with Crippen LogP contribution in [-0.4, -0.2) is 176 Å². The van der Waals surface area contributed by atoms with E-state index >= 15 is 0 Å². The lowest BCUT2D eigenvalue weighted by Gasteiger charge is -2.61. The summed E-state index contributed by atoms with van der Waals surface area (Å²) in [5.74, 6) is 3.27. The van der Waals surface area contributed by atoms with E-state index < -0.39 is 111 Å². The van der Waals surface area contributed by atoms with Crippen molar-refractivity contribution in [1.29, 1.82) is 0 Å². The number of rotatable bonds is 8. The summed E-state index contributed by atoms with van der Waals surface area (Å²) in [6.45, 7) is 10.8. The second-order valence-corrected chi connectivity index (χ2v) is 21.5. The Morgan fingerprint density at radius 2 is 1.29 bits per heavy atom. The summed E-state index contributed by atoms with van der Waals surface area (Å²) in [5, 5.41) is 95.6. The molecular formula is C45H74O17. The Balaban J connectivity index is 0.866. The van der Waals surface area contributed by atoms with Crippen LogP contribution in [0.25, 0.3) is 0 Å². The molecule has 0 aromatic rings. The average Bonchev–Trinajstić information content (AvgIpc) is 3.70. The monoisotopic (exact) mass is 886 g/mol. The molecule has 62 heavy (non-hydrogen) atoms. The van der Waals surface area contributed by atoms with Gasteiger partial charge in [0, 0.05) is 12.3 Å². The van der Waals surface area contributed by atoms with Crippen molar-refractivity contribution in [3.05, 3.63) is 0 Å². The van der Waals surface area contributed by atoms with Crippen molar-refractivity contribution in [1.82, 2.24) is 0 Å². The molecule has 4 saturated carbocycles. The van der Waals surface area contributed by atoms with Gasteiger partial charge in [0.05, 0.1) is 38.1 Å². The van der Waals surface area contributed by atoms with Crippen LogP contribution in [0.1, 0.15) is 98.8 Å². The van der Waals surface area contributed by atoms with Gasteiger partial charge in [-0.1, -0.05) is 27.7 Å². The van der Waals surface area contributed by atoms with Crippen molar-refractivity contribution >= 4 is 0 Å². The fourth-order valence-corrected chi connectivity index (χ4v) is 14.5. The highest BCUT2D eigenvalue weighted by Crippen LogP contribution is 2.71. The zero-order chi connectivity index (χ0) is 44.2. The summed E-state index contributed by atoms with van der Waals surface area (Å²) < 4.78 is 49.4. The van der Waals surface area contributed by atoms with Crippen LogP contribution >= 0.6 is 0 Å². The molecule has 4 aliphatic carbocycles. The summed E-state index contributed by atoms with van der Waals surface area (Å²) >= 11 is 0. The van der Waals surface area contributed by atoms with E-state index in [4.69, 9.17) is 37.9 Å². The van der Waals surface area contributed by atoms with Gasteiger partial charge >= 0.3 is 0 Å². The molecule has 9 aliphatic rings. The maximum atomic E-state index is 11.6. The maximum Gasteiger partial charge on any atom is 0.187 e. The summed E-state index contributed by atoms with van der Waals surface area (Å²) in [6, 6.07) is 0. The van der Waals surface area contributed by atoms with E-state index in [-0.39, 0.29) is 23.0 Å². The van der Waals surface area contributed by atoms with Crippen LogP contribution in [0.5, 0.6) is 0 Å². The zero-order valence-electron chi connectivity index (χ0n) is 36.8. The highest BCUT2D eigenvalue weighted by atomic mass is 16.8. The second-order valence-electron chi connectivity index (χ2n) is 21.5. The Bertz CT molecular complexity index is 1550. The largest absolute Gasteiger partial charge is 0.394 e. The second kappa shape index (κ2) is 17.4. The predicted molar refractivity (Wildman–Crippen MR) is 214 cm³/mol. The van der Waals surface area contributed by atoms with Crippen LogP contribution in [0.2, 0.25) is 0 Å². The highest BCUT2D eigenvalue weighted by molar-refractivity contribution is 5.15. The van der Waals surface area contributed by atoms with Crippen molar-refractivity contribution in [3.63, 3.8) is 0 Å². The number of ether oxygens (including phenoxy) is 8. The molecule has 0 radical (unpaired) electrons. The average molecular weight is 887 g/mol. The first-order valence-electron chi connectivity index (χ1n) is 23.7. The Hall–Kier alpha value is -0.680. The van der Waals surface area contributed by atoms with Crippen molar-refractivity contribution in [3.8, 4) is 0 Å². The first-order chi connectivity index (χ1) is 29.4. The summed E-state index contributed by atoms with van der Waals surface area (Å²) in [4.78, 5) is 0. The minimum atomic E-state index is -1.73. The molecule has 17 nitrogen and oxygen atoms in total. The third-order valence-corrected chi connectivity index (χ3v) is 18.2. The van der Waals surface area contributed by atoms with Gasteiger partial charge < -0.3 is 83.9 Å². The third kappa shape index (κ3) is 7.66. The van der Waals surface area contributed by atoms with Gasteiger partial charge in [-0.05, 0) is 111 Å². The number of aliphatic hydroxyl groups is 9. The first-order valence-corrected chi connectivity index (χ1v) is 23.7. The Labute approximate surface area is 364 Å². The van der Waals surface area contributed by atoms with E-state index in [9.17, 15) is 46.0 Å². The summed E-state index contributed by atoms with van der Waals surface area (Å²) in [5.41, 5.74) is 0.353. The molecule has 0 amide bonds. The standard InChI is InChI=1S/C45H74O17/c1-19-8-13-45(56-17-19)20(2)30-27(62-45)15-26-24-7-6-22-14-23(9-11-43(22,4)25(24)10-12-44(26,30)5)58-42-38(54)35(51)39(61-41-37(53)33(49)31(47)21(3)57-41)29(60-42)18-55-40-36(52)34(50)32(48)28(16-46)59-40/h19-42,46-54H,6-18H2,1-5H3/t19-,20-,21-,22+,23+,24+,25-,26-,27-,28-,29+,30-,31-,32+,33+,34+,35+,36+,37+,38+,39+,40-,41+,42+,43-,44-,45+/m1/s1. The SMILES string of the molecule is C[C@@H]1CC[C@]2(OC1)O[C@@H]1C[C@@H]3[C@H]4CC[C@H]5C[C@@H](O[C@H]6O[C@@H](CO[C@@H]7O[C@H](CO)[C@H](O)[C@H](O)[C@@H]7O)[C@H](O[C@@H]7O[C@H](C)[C@@H](O)[C@H](O)[C@@H]7O)[C@@H](O)[C@@H]6O)CC[C@@]5(C)[C@@H]4CC[C@@]3(C)[C@@H]1[C@H]2C. The molecule has 0 bridgehead atoms. The minimum Gasteiger partial charge on any atom is -0.394 e. The van der Waals surface area contributed by atoms with Gasteiger partial charge in [-0.15, -0.1) is 0 Å². The van der Waals surface area contributed by atoms with E-state index in [1.807, 2.05) is 0 Å². The van der Waals surface area contributed by atoms with E-state index in [1.165, 1.54) is 19.8 Å². The summed E-state index contributed by atoms with van der Waals surface area (Å²) in [6.07, 6.45) is -12.2. The fraction of sp³-hybridized carbons (Fsp3) is 1.00. The number of aliphatic hydroxyl groups excluding tert-OH is 9. The molecule has 9 rings (SSSR count). The van der Waals surface area contributed by atoms with Gasteiger partial charge in [-0.2, -0.15) is 0 Å². The van der Waals surface area contributed by atoms with Crippen LogP contribution in [-0.2, 0) is 37.9 Å². The minimum absolute atomic E-state index is 0.125. The van der Waals surface area contributed by atoms with Gasteiger partial charge in [-0.3, -0.25) is 0 Å². The molecule has 9 N–H and O–H groups in total. The van der Waals surface area contributed by atoms with Crippen molar-refractivity contribution in [2.45, 2.75) is 209 Å². The van der Waals surface area contributed by atoms with Crippen molar-refractivity contribution < 1.29 is 83.9 Å². The first kappa shape index (κ1) is 46.4. The number of fused-ring (bicyclic) bond motifs is 7. The lowest BCUT2D eigenvalue weighted by Crippen LogP contribution is -2.65. The normalized spacial score (nSPS) is 58.9. The van der Waals surface area contributed by atoms with Gasteiger partial charge in [-0.25, -0.2) is 0 Å². The number of hydrogen-bond donors (Lipinski definition) is 9. The Kier molecular flexibility index (Phi) is 13.1. The van der Waals surface area contributed by atoms with Crippen LogP contribution in [0.3, 0.4) is 0 Å². The van der Waals surface area contributed by atoms with E-state index in [0.29, 0.717) is 41.4 Å². The molecule has 1 spiro atoms. The maximum absolute atomic E-state index is 11.6. The molecule has 0 aromatic carbocycles. The predicted octanol–water partition coefficient (Wildman–Crippen LogP) is 0.294. The topological polar surface area (TPSA) is 256 Å². The lowest BCUT2D eigenvalue weighted by molar-refractivity contribution is -0.369. The van der Waals surface area contributed by atoms with E-state index in [1.54, 1.807) is 0 Å². The molecule has 356 valence electrons. The highest BCUT2D eigenvalue weighted by Gasteiger charge is 2.69. The summed E-state index contributed by atoms with van der Waals surface area (Å²) in [7, 11) is 0. The van der Waals surface area contributed by atoms with Crippen molar-refractivity contribution in [2.75, 3.05) is 19.8 Å². The Morgan fingerprint density at radius 3 is 2.02 bits per heavy atom. The fourth-order valence-electron chi connectivity index (χ4n) is 14.5. The lowest BCUT2D eigenvalue weighted by atomic mass is 9.44. The molecule has 5 aliphatic heterocycles. The zero-order valence-corrected chi connectivity index (χ0v) is 36.8. The molecule has 5 heterocycles. The molecule has 27 atom stereocenters. The quantitative estimate of drug-likeness (QED) is 0.149. The van der Waals surface area contributed by atoms with Crippen LogP contribution < -0.4 is 0 Å². The van der Waals surface area contributed by atoms with Crippen LogP contribution in [0, 0.1) is 52.3 Å². The van der Waals surface area contributed by atoms with Gasteiger partial charge in [0.25, 0.3) is 0 Å². The van der Waals surface area contributed by atoms with Crippen LogP contribution in [0.4, 0.5) is 0 Å². The smallest absolute Gasteiger partial charge is 0.187 e. The molecule has 17 heteroatoms.